The Labute approximate surface area is 204 Å². The Kier molecular flexibility index (Phi) is 8.57. The lowest BCUT2D eigenvalue weighted by Gasteiger charge is -2.20. The van der Waals surface area contributed by atoms with Gasteiger partial charge in [0.25, 0.3) is 0 Å². The van der Waals surface area contributed by atoms with Gasteiger partial charge in [-0.05, 0) is 50.1 Å². The van der Waals surface area contributed by atoms with Crippen LogP contribution in [0.3, 0.4) is 0 Å². The van der Waals surface area contributed by atoms with E-state index in [1.54, 1.807) is 23.7 Å². The third kappa shape index (κ3) is 7.09. The second-order valence-corrected chi connectivity index (χ2v) is 8.85. The minimum Gasteiger partial charge on any atom is -0.475 e. The molecule has 4 rings (SSSR count). The molecule has 3 heterocycles. The molecule has 1 fully saturated rings. The van der Waals surface area contributed by atoms with Crippen molar-refractivity contribution in [2.45, 2.75) is 44.9 Å². The van der Waals surface area contributed by atoms with E-state index in [4.69, 9.17) is 14.9 Å². The molecule has 11 heteroatoms. The van der Waals surface area contributed by atoms with Crippen molar-refractivity contribution in [1.29, 1.82) is 0 Å². The van der Waals surface area contributed by atoms with Gasteiger partial charge < -0.3 is 15.3 Å². The van der Waals surface area contributed by atoms with Crippen LogP contribution in [0.1, 0.15) is 49.3 Å². The van der Waals surface area contributed by atoms with E-state index >= 15 is 0 Å². The summed E-state index contributed by atoms with van der Waals surface area (Å²) in [5.41, 5.74) is 4.27. The molecule has 2 N–H and O–H groups in total. The molecule has 2 atom stereocenters. The van der Waals surface area contributed by atoms with E-state index in [2.05, 4.69) is 41.7 Å². The predicted octanol–water partition coefficient (Wildman–Crippen LogP) is 5.38. The van der Waals surface area contributed by atoms with Crippen molar-refractivity contribution in [3.8, 4) is 11.3 Å². The van der Waals surface area contributed by atoms with Gasteiger partial charge in [-0.25, -0.2) is 9.78 Å². The van der Waals surface area contributed by atoms with E-state index in [-0.39, 0.29) is 18.0 Å². The zero-order chi connectivity index (χ0) is 25.6. The van der Waals surface area contributed by atoms with E-state index in [1.165, 1.54) is 5.56 Å². The number of benzene rings is 1. The topological polar surface area (TPSA) is 95.4 Å². The average Bonchev–Trinajstić information content (AvgIpc) is 3.49. The van der Waals surface area contributed by atoms with Gasteiger partial charge in [0.15, 0.2) is 0 Å². The molecule has 2 aromatic heterocycles. The van der Waals surface area contributed by atoms with Gasteiger partial charge in [0.2, 0.25) is 5.91 Å². The highest BCUT2D eigenvalue weighted by Gasteiger charge is 2.38. The minimum absolute atomic E-state index is 0.149. The fraction of sp³-hybridized carbons (Fsp3) is 0.333. The lowest BCUT2D eigenvalue weighted by molar-refractivity contribution is -0.192. The van der Waals surface area contributed by atoms with E-state index in [0.717, 1.165) is 34.9 Å². The molecule has 0 bridgehead atoms. The van der Waals surface area contributed by atoms with Gasteiger partial charge >= 0.3 is 12.1 Å². The van der Waals surface area contributed by atoms with Gasteiger partial charge in [0.1, 0.15) is 5.01 Å². The number of aromatic nitrogens is 2. The standard InChI is InChI=1S/C22H24N4OS.C2HF3O2/c1-15(17-5-7-19(8-6-17)26-13-3-4-21(26)27)24-16(2)22-25-20(14-28-22)18-9-11-23-12-10-18;3-2(4,5)1(6)7/h5-12,14-16,24H,3-4,13H2,1-2H3;(H,6,7). The minimum atomic E-state index is -5.08. The van der Waals surface area contributed by atoms with E-state index in [0.29, 0.717) is 6.42 Å². The molecular weight excluding hydrogens is 481 g/mol. The number of pyridine rings is 1. The van der Waals surface area contributed by atoms with Crippen molar-refractivity contribution in [1.82, 2.24) is 15.3 Å². The number of hydrogen-bond donors (Lipinski definition) is 2. The van der Waals surface area contributed by atoms with Crippen molar-refractivity contribution < 1.29 is 27.9 Å². The van der Waals surface area contributed by atoms with Crippen LogP contribution in [0.5, 0.6) is 0 Å². The Morgan fingerprint density at radius 3 is 2.29 bits per heavy atom. The molecule has 35 heavy (non-hydrogen) atoms. The zero-order valence-corrected chi connectivity index (χ0v) is 19.9. The average molecular weight is 507 g/mol. The second-order valence-electron chi connectivity index (χ2n) is 7.96. The quantitative estimate of drug-likeness (QED) is 0.466. The number of rotatable bonds is 6. The van der Waals surface area contributed by atoms with Crippen LogP contribution in [-0.4, -0.2) is 39.7 Å². The molecule has 0 aliphatic carbocycles. The van der Waals surface area contributed by atoms with Crippen LogP contribution in [-0.2, 0) is 9.59 Å². The smallest absolute Gasteiger partial charge is 0.475 e. The summed E-state index contributed by atoms with van der Waals surface area (Å²) in [4.78, 5) is 31.5. The molecule has 7 nitrogen and oxygen atoms in total. The number of anilines is 1. The van der Waals surface area contributed by atoms with Gasteiger partial charge in [-0.1, -0.05) is 12.1 Å². The maximum Gasteiger partial charge on any atom is 0.490 e. The normalized spacial score (nSPS) is 15.3. The van der Waals surface area contributed by atoms with Crippen molar-refractivity contribution in [2.75, 3.05) is 11.4 Å². The summed E-state index contributed by atoms with van der Waals surface area (Å²) in [6.07, 6.45) is 0.104. The number of amides is 1. The number of nitrogens with one attached hydrogen (secondary N) is 1. The highest BCUT2D eigenvalue weighted by molar-refractivity contribution is 7.10. The number of aliphatic carboxylic acids is 1. The van der Waals surface area contributed by atoms with Crippen LogP contribution in [0.25, 0.3) is 11.3 Å². The van der Waals surface area contributed by atoms with Crippen LogP contribution in [0.4, 0.5) is 18.9 Å². The van der Waals surface area contributed by atoms with E-state index in [1.807, 2.05) is 29.2 Å². The number of carboxylic acids is 1. The van der Waals surface area contributed by atoms with E-state index < -0.39 is 12.1 Å². The molecule has 1 aliphatic rings. The number of nitrogens with zero attached hydrogens (tertiary/aromatic N) is 3. The summed E-state index contributed by atoms with van der Waals surface area (Å²) in [7, 11) is 0. The van der Waals surface area contributed by atoms with Gasteiger partial charge in [0.05, 0.1) is 11.7 Å². The Balaban J connectivity index is 0.000000429. The first kappa shape index (κ1) is 26.3. The molecule has 3 aromatic rings. The number of thiazole rings is 1. The van der Waals surface area contributed by atoms with E-state index in [9.17, 15) is 18.0 Å². The Morgan fingerprint density at radius 1 is 1.11 bits per heavy atom. The molecule has 0 radical (unpaired) electrons. The third-order valence-electron chi connectivity index (χ3n) is 5.39. The highest BCUT2D eigenvalue weighted by atomic mass is 32.1. The van der Waals surface area contributed by atoms with Crippen LogP contribution in [0.2, 0.25) is 0 Å². The Hall–Kier alpha value is -3.31. The van der Waals surface area contributed by atoms with Crippen LogP contribution in [0.15, 0.2) is 54.2 Å². The molecule has 2 unspecified atom stereocenters. The van der Waals surface area contributed by atoms with Crippen molar-refractivity contribution >= 4 is 28.9 Å². The largest absolute Gasteiger partial charge is 0.490 e. The fourth-order valence-electron chi connectivity index (χ4n) is 3.55. The molecular formula is C24H25F3N4O3S. The highest BCUT2D eigenvalue weighted by Crippen LogP contribution is 2.28. The van der Waals surface area contributed by atoms with Gasteiger partial charge in [-0.15, -0.1) is 11.3 Å². The molecule has 1 saturated heterocycles. The molecule has 1 aliphatic heterocycles. The molecule has 0 saturated carbocycles. The SMILES string of the molecule is CC(NC(C)c1nc(-c2ccncc2)cs1)c1ccc(N2CCCC2=O)cc1.O=C(O)C(F)(F)F. The summed E-state index contributed by atoms with van der Waals surface area (Å²) in [6.45, 7) is 5.12. The molecule has 1 aromatic carbocycles. The molecule has 1 amide bonds. The van der Waals surface area contributed by atoms with Crippen LogP contribution in [0, 0.1) is 0 Å². The van der Waals surface area contributed by atoms with Crippen molar-refractivity contribution in [3.63, 3.8) is 0 Å². The zero-order valence-electron chi connectivity index (χ0n) is 19.1. The van der Waals surface area contributed by atoms with Gasteiger partial charge in [-0.3, -0.25) is 9.78 Å². The fourth-order valence-corrected chi connectivity index (χ4v) is 4.39. The number of hydrogen-bond acceptors (Lipinski definition) is 6. The lowest BCUT2D eigenvalue weighted by atomic mass is 10.1. The first-order valence-electron chi connectivity index (χ1n) is 10.9. The summed E-state index contributed by atoms with van der Waals surface area (Å²) >= 11 is 1.67. The number of alkyl halides is 3. The maximum absolute atomic E-state index is 11.9. The summed E-state index contributed by atoms with van der Waals surface area (Å²) < 4.78 is 31.7. The first-order chi connectivity index (χ1) is 16.6. The lowest BCUT2D eigenvalue weighted by Crippen LogP contribution is -2.24. The summed E-state index contributed by atoms with van der Waals surface area (Å²) in [5.74, 6) is -2.53. The summed E-state index contributed by atoms with van der Waals surface area (Å²) in [5, 5.41) is 13.9. The number of halogens is 3. The van der Waals surface area contributed by atoms with Gasteiger partial charge in [-0.2, -0.15) is 13.2 Å². The van der Waals surface area contributed by atoms with Crippen LogP contribution >= 0.6 is 11.3 Å². The first-order valence-corrected chi connectivity index (χ1v) is 11.8. The number of carboxylic acid groups (broad SMARTS) is 1. The number of carbonyl (C=O) groups is 2. The molecule has 0 spiro atoms. The monoisotopic (exact) mass is 506 g/mol. The maximum atomic E-state index is 11.9. The van der Waals surface area contributed by atoms with Crippen molar-refractivity contribution in [2.24, 2.45) is 0 Å². The molecule has 186 valence electrons. The van der Waals surface area contributed by atoms with Crippen LogP contribution < -0.4 is 10.2 Å². The predicted molar refractivity (Wildman–Crippen MR) is 127 cm³/mol. The van der Waals surface area contributed by atoms with Gasteiger partial charge in [0, 0.05) is 48.0 Å². The van der Waals surface area contributed by atoms with Crippen molar-refractivity contribution in [3.05, 3.63) is 64.7 Å². The second kappa shape index (κ2) is 11.4. The Bertz CT molecular complexity index is 1140. The Morgan fingerprint density at radius 2 is 1.74 bits per heavy atom. The number of carbonyl (C=O) groups excluding carboxylic acids is 1. The summed E-state index contributed by atoms with van der Waals surface area (Å²) in [6, 6.07) is 12.6. The third-order valence-corrected chi connectivity index (χ3v) is 6.42.